The molecule has 4 nitrogen and oxygen atoms in total. The van der Waals surface area contributed by atoms with Gasteiger partial charge in [-0.15, -0.1) is 0 Å². The molecule has 24 heavy (non-hydrogen) atoms. The van der Waals surface area contributed by atoms with Crippen LogP contribution in [0.2, 0.25) is 5.15 Å². The first-order valence-electron chi connectivity index (χ1n) is 7.32. The second-order valence-electron chi connectivity index (χ2n) is 6.05. The molecule has 0 atom stereocenters. The van der Waals surface area contributed by atoms with Gasteiger partial charge in [0, 0.05) is 11.9 Å². The Morgan fingerprint density at radius 3 is 2.54 bits per heavy atom. The maximum atomic E-state index is 13.0. The molecule has 0 bridgehead atoms. The first kappa shape index (κ1) is 17.0. The fourth-order valence-electron chi connectivity index (χ4n) is 2.90. The van der Waals surface area contributed by atoms with Gasteiger partial charge in [-0.05, 0) is 38.7 Å². The molecule has 0 spiro atoms. The summed E-state index contributed by atoms with van der Waals surface area (Å²) in [5.74, 6) is 0.427. The van der Waals surface area contributed by atoms with Gasteiger partial charge in [-0.2, -0.15) is 13.2 Å². The van der Waals surface area contributed by atoms with Crippen molar-refractivity contribution in [2.45, 2.75) is 26.2 Å². The molecule has 2 aromatic heterocycles. The lowest BCUT2D eigenvalue weighted by atomic mass is 10.1. The molecule has 0 N–H and O–H groups in total. The van der Waals surface area contributed by atoms with Crippen molar-refractivity contribution in [3.63, 3.8) is 0 Å². The van der Waals surface area contributed by atoms with Crippen molar-refractivity contribution < 1.29 is 13.2 Å². The summed E-state index contributed by atoms with van der Waals surface area (Å²) < 4.78 is 40.2. The van der Waals surface area contributed by atoms with Crippen LogP contribution in [0, 0.1) is 6.92 Å². The first-order chi connectivity index (χ1) is 11.2. The molecule has 0 aliphatic rings. The van der Waals surface area contributed by atoms with E-state index >= 15 is 0 Å². The summed E-state index contributed by atoms with van der Waals surface area (Å²) in [6.07, 6.45) is -4.37. The van der Waals surface area contributed by atoms with Gasteiger partial charge in [-0.25, -0.2) is 9.97 Å². The van der Waals surface area contributed by atoms with Crippen molar-refractivity contribution >= 4 is 33.5 Å². The predicted molar refractivity (Wildman–Crippen MR) is 88.2 cm³/mol. The summed E-state index contributed by atoms with van der Waals surface area (Å²) in [6.45, 7) is 1.22. The molecule has 0 aliphatic carbocycles. The van der Waals surface area contributed by atoms with E-state index in [2.05, 4.69) is 9.97 Å². The first-order valence-corrected chi connectivity index (χ1v) is 7.70. The zero-order chi connectivity index (χ0) is 17.6. The highest BCUT2D eigenvalue weighted by molar-refractivity contribution is 6.34. The normalized spacial score (nSPS) is 12.7. The van der Waals surface area contributed by atoms with Gasteiger partial charge in [-0.3, -0.25) is 0 Å². The number of nitrogens with zero attached hydrogens (tertiary/aromatic N) is 4. The van der Waals surface area contributed by atoms with Gasteiger partial charge in [0.05, 0.1) is 5.52 Å². The highest BCUT2D eigenvalue weighted by Crippen LogP contribution is 2.34. The minimum absolute atomic E-state index is 0.0344. The van der Waals surface area contributed by atoms with Crippen molar-refractivity contribution in [3.05, 3.63) is 34.7 Å². The average Bonchev–Trinajstić information content (AvgIpc) is 2.70. The monoisotopic (exact) mass is 356 g/mol. The fraction of sp³-hybridized carbons (Fsp3) is 0.375. The molecule has 0 fully saturated rings. The van der Waals surface area contributed by atoms with E-state index in [-0.39, 0.29) is 10.7 Å². The predicted octanol–water partition coefficient (Wildman–Crippen LogP) is 4.17. The fourth-order valence-corrected chi connectivity index (χ4v) is 3.21. The molecule has 8 heteroatoms. The minimum Gasteiger partial charge on any atom is -0.327 e. The van der Waals surface area contributed by atoms with Gasteiger partial charge in [0.2, 0.25) is 0 Å². The Morgan fingerprint density at radius 2 is 1.92 bits per heavy atom. The second-order valence-corrected chi connectivity index (χ2v) is 6.41. The van der Waals surface area contributed by atoms with Gasteiger partial charge < -0.3 is 9.47 Å². The largest absolute Gasteiger partial charge is 0.406 e. The Bertz CT molecular complexity index is 915. The van der Waals surface area contributed by atoms with Crippen LogP contribution in [-0.2, 0) is 13.1 Å². The van der Waals surface area contributed by atoms with Gasteiger partial charge in [0.1, 0.15) is 23.4 Å². The lowest BCUT2D eigenvalue weighted by Gasteiger charge is -2.12. The van der Waals surface area contributed by atoms with E-state index in [4.69, 9.17) is 11.6 Å². The Balaban J connectivity index is 2.34. The van der Waals surface area contributed by atoms with E-state index in [0.29, 0.717) is 28.8 Å². The lowest BCUT2D eigenvalue weighted by molar-refractivity contribution is -0.139. The number of aromatic nitrogens is 3. The number of rotatable bonds is 3. The molecule has 3 aromatic rings. The number of fused-ring (bicyclic) bond motifs is 3. The van der Waals surface area contributed by atoms with Crippen molar-refractivity contribution in [2.24, 2.45) is 0 Å². The maximum absolute atomic E-state index is 13.0. The van der Waals surface area contributed by atoms with Crippen molar-refractivity contribution in [2.75, 3.05) is 14.1 Å². The van der Waals surface area contributed by atoms with E-state index < -0.39 is 12.7 Å². The number of benzene rings is 1. The van der Waals surface area contributed by atoms with Crippen LogP contribution >= 0.6 is 11.6 Å². The Kier molecular flexibility index (Phi) is 4.17. The summed E-state index contributed by atoms with van der Waals surface area (Å²) in [5.41, 5.74) is 2.11. The molecule has 3 rings (SSSR count). The third kappa shape index (κ3) is 3.18. The van der Waals surface area contributed by atoms with Crippen LogP contribution in [0.15, 0.2) is 18.2 Å². The van der Waals surface area contributed by atoms with Crippen LogP contribution in [-0.4, -0.2) is 39.7 Å². The number of aryl methyl sites for hydroxylation is 1. The third-order valence-electron chi connectivity index (χ3n) is 3.67. The van der Waals surface area contributed by atoms with E-state index in [9.17, 15) is 13.2 Å². The van der Waals surface area contributed by atoms with Crippen molar-refractivity contribution in [1.82, 2.24) is 19.4 Å². The number of hydrogen-bond acceptors (Lipinski definition) is 3. The summed E-state index contributed by atoms with van der Waals surface area (Å²) in [5, 5.41) is 0.688. The number of alkyl halides is 3. The Labute approximate surface area is 141 Å². The standard InChI is InChI=1S/C16H16ClF3N4/c1-9-21-13-11-6-10(7-23(2)3)4-5-12(11)24(8-16(18,19)20)14(13)15(17)22-9/h4-6H,7-8H2,1-3H3. The number of halogens is 4. The van der Waals surface area contributed by atoms with Crippen molar-refractivity contribution in [1.29, 1.82) is 0 Å². The maximum Gasteiger partial charge on any atom is 0.406 e. The highest BCUT2D eigenvalue weighted by Gasteiger charge is 2.31. The molecule has 0 saturated heterocycles. The SMILES string of the molecule is Cc1nc(Cl)c2c(n1)c1cc(CN(C)C)ccc1n2CC(F)(F)F. The summed E-state index contributed by atoms with van der Waals surface area (Å²) in [4.78, 5) is 10.3. The molecule has 128 valence electrons. The Hall–Kier alpha value is -1.86. The molecular formula is C16H16ClF3N4. The zero-order valence-corrected chi connectivity index (χ0v) is 14.2. The van der Waals surface area contributed by atoms with Gasteiger partial charge in [0.15, 0.2) is 5.15 Å². The van der Waals surface area contributed by atoms with E-state index in [1.54, 1.807) is 13.0 Å². The topological polar surface area (TPSA) is 34.0 Å². The lowest BCUT2D eigenvalue weighted by Crippen LogP contribution is -2.17. The molecule has 0 radical (unpaired) electrons. The minimum atomic E-state index is -4.37. The van der Waals surface area contributed by atoms with E-state index in [0.717, 1.165) is 10.1 Å². The summed E-state index contributed by atoms with van der Waals surface area (Å²) >= 11 is 6.14. The molecule has 1 aromatic carbocycles. The van der Waals surface area contributed by atoms with E-state index in [1.165, 1.54) is 0 Å². The molecule has 2 heterocycles. The third-order valence-corrected chi connectivity index (χ3v) is 3.93. The second kappa shape index (κ2) is 5.89. The van der Waals surface area contributed by atoms with Crippen LogP contribution in [0.1, 0.15) is 11.4 Å². The van der Waals surface area contributed by atoms with Crippen LogP contribution in [0.3, 0.4) is 0 Å². The molecule has 0 aliphatic heterocycles. The van der Waals surface area contributed by atoms with E-state index in [1.807, 2.05) is 31.1 Å². The smallest absolute Gasteiger partial charge is 0.327 e. The van der Waals surface area contributed by atoms with Crippen molar-refractivity contribution in [3.8, 4) is 0 Å². The quantitative estimate of drug-likeness (QED) is 0.660. The summed E-state index contributed by atoms with van der Waals surface area (Å²) in [7, 11) is 3.86. The molecule has 0 amide bonds. The highest BCUT2D eigenvalue weighted by atomic mass is 35.5. The van der Waals surface area contributed by atoms with Crippen LogP contribution < -0.4 is 0 Å². The Morgan fingerprint density at radius 1 is 1.21 bits per heavy atom. The van der Waals surface area contributed by atoms with Crippen LogP contribution in [0.25, 0.3) is 21.9 Å². The van der Waals surface area contributed by atoms with Crippen LogP contribution in [0.4, 0.5) is 13.2 Å². The number of hydrogen-bond donors (Lipinski definition) is 0. The van der Waals surface area contributed by atoms with Gasteiger partial charge in [-0.1, -0.05) is 17.7 Å². The van der Waals surface area contributed by atoms with Gasteiger partial charge >= 0.3 is 6.18 Å². The van der Waals surface area contributed by atoms with Crippen LogP contribution in [0.5, 0.6) is 0 Å². The average molecular weight is 357 g/mol. The summed E-state index contributed by atoms with van der Waals surface area (Å²) in [6, 6.07) is 5.38. The molecule has 0 unspecified atom stereocenters. The molecular weight excluding hydrogens is 341 g/mol. The van der Waals surface area contributed by atoms with Gasteiger partial charge in [0.25, 0.3) is 0 Å². The molecule has 0 saturated carbocycles. The zero-order valence-electron chi connectivity index (χ0n) is 13.4.